The molecule has 1 aromatic carbocycles. The molecule has 0 bridgehead atoms. The van der Waals surface area contributed by atoms with Crippen molar-refractivity contribution in [3.63, 3.8) is 0 Å². The quantitative estimate of drug-likeness (QED) is 0.678. The third-order valence-electron chi connectivity index (χ3n) is 1.63. The van der Waals surface area contributed by atoms with Crippen LogP contribution in [0.1, 0.15) is 0 Å². The number of benzene rings is 1. The van der Waals surface area contributed by atoms with Crippen LogP contribution in [0.4, 0.5) is 15.8 Å². The summed E-state index contributed by atoms with van der Waals surface area (Å²) in [7, 11) is 0. The van der Waals surface area contributed by atoms with Crippen molar-refractivity contribution in [1.29, 1.82) is 0 Å². The number of hydrogen-bond acceptors (Lipinski definition) is 3. The second kappa shape index (κ2) is 4.88. The highest BCUT2D eigenvalue weighted by molar-refractivity contribution is 9.11. The highest BCUT2D eigenvalue weighted by atomic mass is 79.9. The molecule has 0 atom stereocenters. The molecule has 0 aliphatic rings. The first kappa shape index (κ1) is 11.6. The molecule has 1 rings (SSSR count). The van der Waals surface area contributed by atoms with Crippen LogP contribution in [0.3, 0.4) is 0 Å². The fraction of sp³-hybridized carbons (Fsp3) is 0.111. The maximum Gasteiger partial charge on any atom is 0.295 e. The van der Waals surface area contributed by atoms with Gasteiger partial charge in [-0.3, -0.25) is 10.1 Å². The van der Waals surface area contributed by atoms with Gasteiger partial charge in [-0.15, -0.1) is 0 Å². The molecule has 80 valence electrons. The van der Waals surface area contributed by atoms with Crippen LogP contribution in [0, 0.1) is 15.9 Å². The van der Waals surface area contributed by atoms with Gasteiger partial charge in [-0.05, 0) is 12.1 Å². The highest BCUT2D eigenvalue weighted by Crippen LogP contribution is 2.25. The van der Waals surface area contributed by atoms with Crippen LogP contribution in [-0.4, -0.2) is 11.5 Å². The number of anilines is 1. The van der Waals surface area contributed by atoms with Crippen LogP contribution in [0.5, 0.6) is 0 Å². The van der Waals surface area contributed by atoms with Crippen molar-refractivity contribution >= 4 is 27.3 Å². The van der Waals surface area contributed by atoms with Gasteiger partial charge >= 0.3 is 0 Å². The number of halogens is 2. The highest BCUT2D eigenvalue weighted by Gasteiger charge is 2.14. The van der Waals surface area contributed by atoms with E-state index in [1.165, 1.54) is 6.07 Å². The zero-order chi connectivity index (χ0) is 11.4. The van der Waals surface area contributed by atoms with Gasteiger partial charge in [0, 0.05) is 11.0 Å². The van der Waals surface area contributed by atoms with Crippen molar-refractivity contribution in [2.75, 3.05) is 11.9 Å². The van der Waals surface area contributed by atoms with Crippen molar-refractivity contribution in [1.82, 2.24) is 0 Å². The van der Waals surface area contributed by atoms with Crippen LogP contribution < -0.4 is 5.32 Å². The Morgan fingerprint density at radius 1 is 1.67 bits per heavy atom. The molecule has 15 heavy (non-hydrogen) atoms. The molecule has 0 aromatic heterocycles. The van der Waals surface area contributed by atoms with Gasteiger partial charge in [-0.1, -0.05) is 22.5 Å². The lowest BCUT2D eigenvalue weighted by Gasteiger charge is -2.05. The summed E-state index contributed by atoms with van der Waals surface area (Å²) in [4.78, 5) is 9.95. The number of nitro groups is 1. The van der Waals surface area contributed by atoms with Gasteiger partial charge in [0.1, 0.15) is 11.5 Å². The first-order chi connectivity index (χ1) is 7.00. The van der Waals surface area contributed by atoms with E-state index in [4.69, 9.17) is 0 Å². The fourth-order valence-electron chi connectivity index (χ4n) is 0.996. The Balaban J connectivity index is 2.95. The Kier molecular flexibility index (Phi) is 3.79. The van der Waals surface area contributed by atoms with Gasteiger partial charge in [-0.25, -0.2) is 4.39 Å². The Hall–Kier alpha value is -1.43. The van der Waals surface area contributed by atoms with Crippen LogP contribution in [0.2, 0.25) is 0 Å². The number of nitrogens with zero attached hydrogens (tertiary/aromatic N) is 1. The largest absolute Gasteiger partial charge is 0.375 e. The van der Waals surface area contributed by atoms with Gasteiger partial charge in [0.05, 0.1) is 11.0 Å². The van der Waals surface area contributed by atoms with Crippen molar-refractivity contribution < 1.29 is 9.31 Å². The second-order valence-electron chi connectivity index (χ2n) is 2.79. The fourth-order valence-corrected chi connectivity index (χ4v) is 1.14. The first-order valence-electron chi connectivity index (χ1n) is 4.02. The van der Waals surface area contributed by atoms with Crippen molar-refractivity contribution in [2.45, 2.75) is 0 Å². The third kappa shape index (κ3) is 3.32. The lowest BCUT2D eigenvalue weighted by molar-refractivity contribution is -0.384. The SMILES string of the molecule is C=C(Br)CNc1ccc(F)cc1[N+](=O)[O-]. The minimum absolute atomic E-state index is 0.266. The second-order valence-corrected chi connectivity index (χ2v) is 3.91. The molecule has 0 heterocycles. The normalized spacial score (nSPS) is 9.73. The molecule has 0 fully saturated rings. The summed E-state index contributed by atoms with van der Waals surface area (Å²) in [6, 6.07) is 3.36. The van der Waals surface area contributed by atoms with E-state index in [2.05, 4.69) is 27.8 Å². The van der Waals surface area contributed by atoms with Crippen LogP contribution in [0.15, 0.2) is 29.3 Å². The van der Waals surface area contributed by atoms with Crippen molar-refractivity contribution in [3.05, 3.63) is 45.2 Å². The Bertz CT molecular complexity index is 409. The Morgan fingerprint density at radius 3 is 2.87 bits per heavy atom. The van der Waals surface area contributed by atoms with Crippen LogP contribution in [0.25, 0.3) is 0 Å². The predicted molar refractivity (Wildman–Crippen MR) is 59.6 cm³/mol. The summed E-state index contributed by atoms with van der Waals surface area (Å²) in [5, 5.41) is 13.3. The summed E-state index contributed by atoms with van der Waals surface area (Å²) in [5.41, 5.74) is -0.0225. The third-order valence-corrected chi connectivity index (χ3v) is 1.91. The number of hydrogen-bond donors (Lipinski definition) is 1. The van der Waals surface area contributed by atoms with E-state index in [0.717, 1.165) is 12.1 Å². The Morgan fingerprint density at radius 2 is 2.33 bits per heavy atom. The molecule has 0 amide bonds. The summed E-state index contributed by atoms with van der Waals surface area (Å²) in [6.45, 7) is 3.91. The van der Waals surface area contributed by atoms with Crippen LogP contribution >= 0.6 is 15.9 Å². The molecule has 4 nitrogen and oxygen atoms in total. The van der Waals surface area contributed by atoms with E-state index in [1.807, 2.05) is 0 Å². The van der Waals surface area contributed by atoms with E-state index >= 15 is 0 Å². The van der Waals surface area contributed by atoms with Gasteiger partial charge in [0.15, 0.2) is 0 Å². The lowest BCUT2D eigenvalue weighted by atomic mass is 10.2. The maximum absolute atomic E-state index is 12.7. The lowest BCUT2D eigenvalue weighted by Crippen LogP contribution is -2.04. The predicted octanol–water partition coefficient (Wildman–Crippen LogP) is 3.05. The molecule has 0 saturated carbocycles. The minimum atomic E-state index is -0.637. The zero-order valence-corrected chi connectivity index (χ0v) is 9.25. The van der Waals surface area contributed by atoms with E-state index in [9.17, 15) is 14.5 Å². The average molecular weight is 275 g/mol. The number of nitrogens with one attached hydrogen (secondary N) is 1. The molecule has 0 radical (unpaired) electrons. The van der Waals surface area contributed by atoms with Gasteiger partial charge in [0.25, 0.3) is 5.69 Å². The standard InChI is InChI=1S/C9H8BrFN2O2/c1-6(10)5-12-8-3-2-7(11)4-9(8)13(14)15/h2-4,12H,1,5H2. The van der Waals surface area contributed by atoms with Gasteiger partial charge < -0.3 is 5.32 Å². The minimum Gasteiger partial charge on any atom is -0.375 e. The molecule has 6 heteroatoms. The molecular formula is C9H8BrFN2O2. The van der Waals surface area contributed by atoms with Crippen molar-refractivity contribution in [2.24, 2.45) is 0 Å². The maximum atomic E-state index is 12.7. The van der Waals surface area contributed by atoms with E-state index in [1.54, 1.807) is 0 Å². The molecule has 1 aromatic rings. The monoisotopic (exact) mass is 274 g/mol. The van der Waals surface area contributed by atoms with Crippen LogP contribution in [-0.2, 0) is 0 Å². The molecule has 0 spiro atoms. The Labute approximate surface area is 94.1 Å². The zero-order valence-electron chi connectivity index (χ0n) is 7.67. The van der Waals surface area contributed by atoms with E-state index in [-0.39, 0.29) is 11.4 Å². The number of rotatable bonds is 4. The molecular weight excluding hydrogens is 267 g/mol. The van der Waals surface area contributed by atoms with E-state index < -0.39 is 10.7 Å². The topological polar surface area (TPSA) is 55.2 Å². The summed E-state index contributed by atoms with van der Waals surface area (Å²) >= 11 is 3.11. The molecule has 0 aliphatic carbocycles. The average Bonchev–Trinajstić information content (AvgIpc) is 2.15. The smallest absolute Gasteiger partial charge is 0.295 e. The molecule has 0 saturated heterocycles. The number of nitro benzene ring substituents is 1. The van der Waals surface area contributed by atoms with Crippen molar-refractivity contribution in [3.8, 4) is 0 Å². The van der Waals surface area contributed by atoms with Gasteiger partial charge in [0.2, 0.25) is 0 Å². The molecule has 0 aliphatic heterocycles. The molecule has 1 N–H and O–H groups in total. The summed E-state index contributed by atoms with van der Waals surface area (Å²) in [6.07, 6.45) is 0. The first-order valence-corrected chi connectivity index (χ1v) is 4.81. The molecule has 0 unspecified atom stereocenters. The van der Waals surface area contributed by atoms with E-state index in [0.29, 0.717) is 11.0 Å². The summed E-state index contributed by atoms with van der Waals surface area (Å²) in [5.74, 6) is -0.634. The van der Waals surface area contributed by atoms with Gasteiger partial charge in [-0.2, -0.15) is 0 Å². The summed E-state index contributed by atoms with van der Waals surface area (Å²) < 4.78 is 13.4.